The lowest BCUT2D eigenvalue weighted by molar-refractivity contribution is -0.145. The zero-order valence-corrected chi connectivity index (χ0v) is 14.5. The van der Waals surface area contributed by atoms with Crippen LogP contribution in [-0.2, 0) is 9.53 Å². The van der Waals surface area contributed by atoms with E-state index in [0.717, 1.165) is 19.5 Å². The maximum absolute atomic E-state index is 13.8. The standard InChI is InChI=1S/C21H24FNO2/c1-16(19-9-5-6-10-20(19)22)13-21(24)25-15-17-11-12-23(14-17)18-7-3-2-4-8-18/h2-10,16-17H,11-15H2,1H3. The zero-order chi connectivity index (χ0) is 17.6. The molecule has 0 saturated carbocycles. The fourth-order valence-electron chi connectivity index (χ4n) is 3.35. The number of esters is 1. The van der Waals surface area contributed by atoms with E-state index >= 15 is 0 Å². The molecule has 0 spiro atoms. The Bertz CT molecular complexity index is 704. The predicted octanol–water partition coefficient (Wildman–Crippen LogP) is 4.39. The number of rotatable bonds is 6. The lowest BCUT2D eigenvalue weighted by Gasteiger charge is -2.18. The Morgan fingerprint density at radius 2 is 1.92 bits per heavy atom. The van der Waals surface area contributed by atoms with Crippen LogP contribution in [0.4, 0.5) is 10.1 Å². The largest absolute Gasteiger partial charge is 0.465 e. The first-order valence-electron chi connectivity index (χ1n) is 8.83. The number of para-hydroxylation sites is 1. The molecule has 2 unspecified atom stereocenters. The Hall–Kier alpha value is -2.36. The minimum absolute atomic E-state index is 0.182. The number of carbonyl (C=O) groups excluding carboxylic acids is 1. The number of halogens is 1. The van der Waals surface area contributed by atoms with E-state index < -0.39 is 0 Å². The van der Waals surface area contributed by atoms with E-state index in [4.69, 9.17) is 4.74 Å². The molecule has 1 heterocycles. The molecule has 3 nitrogen and oxygen atoms in total. The average molecular weight is 341 g/mol. The number of benzene rings is 2. The van der Waals surface area contributed by atoms with Crippen LogP contribution >= 0.6 is 0 Å². The lowest BCUT2D eigenvalue weighted by Crippen LogP contribution is -2.22. The first kappa shape index (κ1) is 17.5. The van der Waals surface area contributed by atoms with Crippen LogP contribution in [0.3, 0.4) is 0 Å². The maximum Gasteiger partial charge on any atom is 0.306 e. The van der Waals surface area contributed by atoms with Gasteiger partial charge in [0.25, 0.3) is 0 Å². The van der Waals surface area contributed by atoms with E-state index in [2.05, 4.69) is 17.0 Å². The van der Waals surface area contributed by atoms with Crippen molar-refractivity contribution in [2.24, 2.45) is 5.92 Å². The van der Waals surface area contributed by atoms with E-state index in [9.17, 15) is 9.18 Å². The first-order valence-corrected chi connectivity index (χ1v) is 8.83. The second-order valence-electron chi connectivity index (χ2n) is 6.75. The fourth-order valence-corrected chi connectivity index (χ4v) is 3.35. The Balaban J connectivity index is 1.45. The van der Waals surface area contributed by atoms with Gasteiger partial charge in [-0.2, -0.15) is 0 Å². The third-order valence-electron chi connectivity index (χ3n) is 4.80. The molecule has 0 radical (unpaired) electrons. The summed E-state index contributed by atoms with van der Waals surface area (Å²) in [6, 6.07) is 16.9. The molecular formula is C21H24FNO2. The van der Waals surface area contributed by atoms with Crippen LogP contribution in [-0.4, -0.2) is 25.7 Å². The van der Waals surface area contributed by atoms with Crippen molar-refractivity contribution in [2.45, 2.75) is 25.7 Å². The number of hydrogen-bond donors (Lipinski definition) is 0. The monoisotopic (exact) mass is 341 g/mol. The molecule has 1 fully saturated rings. The van der Waals surface area contributed by atoms with Crippen molar-refractivity contribution < 1.29 is 13.9 Å². The van der Waals surface area contributed by atoms with Crippen molar-refractivity contribution in [1.82, 2.24) is 0 Å². The van der Waals surface area contributed by atoms with E-state index in [1.807, 2.05) is 25.1 Å². The topological polar surface area (TPSA) is 29.5 Å². The van der Waals surface area contributed by atoms with Crippen molar-refractivity contribution in [2.75, 3.05) is 24.6 Å². The van der Waals surface area contributed by atoms with Gasteiger partial charge in [0.1, 0.15) is 5.82 Å². The number of ether oxygens (including phenoxy) is 1. The van der Waals surface area contributed by atoms with Crippen molar-refractivity contribution >= 4 is 11.7 Å². The average Bonchev–Trinajstić information content (AvgIpc) is 3.10. The minimum Gasteiger partial charge on any atom is -0.465 e. The summed E-state index contributed by atoms with van der Waals surface area (Å²) in [7, 11) is 0. The number of nitrogens with zero attached hydrogens (tertiary/aromatic N) is 1. The predicted molar refractivity (Wildman–Crippen MR) is 97.2 cm³/mol. The quantitative estimate of drug-likeness (QED) is 0.730. The molecule has 0 amide bonds. The van der Waals surface area contributed by atoms with Crippen molar-refractivity contribution in [3.63, 3.8) is 0 Å². The van der Waals surface area contributed by atoms with Gasteiger partial charge in [-0.25, -0.2) is 4.39 Å². The third kappa shape index (κ3) is 4.59. The van der Waals surface area contributed by atoms with Crippen LogP contribution in [0.15, 0.2) is 54.6 Å². The van der Waals surface area contributed by atoms with Gasteiger partial charge >= 0.3 is 5.97 Å². The highest BCUT2D eigenvalue weighted by Gasteiger charge is 2.24. The summed E-state index contributed by atoms with van der Waals surface area (Å²) in [5, 5.41) is 0. The van der Waals surface area contributed by atoms with E-state index in [-0.39, 0.29) is 24.1 Å². The van der Waals surface area contributed by atoms with Crippen LogP contribution in [0.1, 0.15) is 31.2 Å². The van der Waals surface area contributed by atoms with E-state index in [0.29, 0.717) is 18.1 Å². The summed E-state index contributed by atoms with van der Waals surface area (Å²) >= 11 is 0. The van der Waals surface area contributed by atoms with Gasteiger partial charge in [-0.3, -0.25) is 4.79 Å². The molecular weight excluding hydrogens is 317 g/mol. The lowest BCUT2D eigenvalue weighted by atomic mass is 9.97. The number of anilines is 1. The molecule has 1 aliphatic heterocycles. The van der Waals surface area contributed by atoms with E-state index in [1.54, 1.807) is 18.2 Å². The van der Waals surface area contributed by atoms with Crippen LogP contribution < -0.4 is 4.90 Å². The second-order valence-corrected chi connectivity index (χ2v) is 6.75. The normalized spacial score (nSPS) is 18.2. The Labute approximate surface area is 148 Å². The summed E-state index contributed by atoms with van der Waals surface area (Å²) in [4.78, 5) is 14.4. The summed E-state index contributed by atoms with van der Waals surface area (Å²) in [5.74, 6) is -0.350. The first-order chi connectivity index (χ1) is 12.1. The van der Waals surface area contributed by atoms with Crippen LogP contribution in [0.2, 0.25) is 0 Å². The molecule has 132 valence electrons. The van der Waals surface area contributed by atoms with Gasteiger partial charge in [-0.05, 0) is 36.1 Å². The van der Waals surface area contributed by atoms with Crippen molar-refractivity contribution in [3.05, 3.63) is 66.0 Å². The summed E-state index contributed by atoms with van der Waals surface area (Å²) in [6.07, 6.45) is 1.22. The SMILES string of the molecule is CC(CC(=O)OCC1CCN(c2ccccc2)C1)c1ccccc1F. The van der Waals surface area contributed by atoms with Crippen LogP contribution in [0.5, 0.6) is 0 Å². The van der Waals surface area contributed by atoms with Crippen LogP contribution in [0.25, 0.3) is 0 Å². The molecule has 2 aromatic carbocycles. The van der Waals surface area contributed by atoms with Gasteiger partial charge in [0.15, 0.2) is 0 Å². The molecule has 1 saturated heterocycles. The summed E-state index contributed by atoms with van der Waals surface area (Å²) in [5.41, 5.74) is 1.78. The Kier molecular flexibility index (Phi) is 5.69. The van der Waals surface area contributed by atoms with Gasteiger partial charge in [0.2, 0.25) is 0 Å². The molecule has 3 rings (SSSR count). The molecule has 1 aliphatic rings. The molecule has 2 atom stereocenters. The summed E-state index contributed by atoms with van der Waals surface area (Å²) < 4.78 is 19.2. The van der Waals surface area contributed by atoms with Crippen molar-refractivity contribution in [3.8, 4) is 0 Å². The maximum atomic E-state index is 13.8. The van der Waals surface area contributed by atoms with Gasteiger partial charge < -0.3 is 9.64 Å². The van der Waals surface area contributed by atoms with Crippen molar-refractivity contribution in [1.29, 1.82) is 0 Å². The minimum atomic E-state index is -0.267. The van der Waals surface area contributed by atoms with Gasteiger partial charge in [0.05, 0.1) is 13.0 Å². The molecule has 0 N–H and O–H groups in total. The zero-order valence-electron chi connectivity index (χ0n) is 14.5. The smallest absolute Gasteiger partial charge is 0.306 e. The fraction of sp³-hybridized carbons (Fsp3) is 0.381. The Morgan fingerprint density at radius 3 is 2.68 bits per heavy atom. The summed E-state index contributed by atoms with van der Waals surface area (Å²) in [6.45, 7) is 4.18. The second kappa shape index (κ2) is 8.15. The van der Waals surface area contributed by atoms with E-state index in [1.165, 1.54) is 11.8 Å². The molecule has 2 aromatic rings. The molecule has 25 heavy (non-hydrogen) atoms. The van der Waals surface area contributed by atoms with Crippen LogP contribution in [0, 0.1) is 11.7 Å². The highest BCUT2D eigenvalue weighted by atomic mass is 19.1. The molecule has 4 heteroatoms. The number of carbonyl (C=O) groups is 1. The number of hydrogen-bond acceptors (Lipinski definition) is 3. The van der Waals surface area contributed by atoms with Gasteiger partial charge in [0, 0.05) is 24.7 Å². The molecule has 0 aromatic heterocycles. The third-order valence-corrected chi connectivity index (χ3v) is 4.80. The van der Waals surface area contributed by atoms with Gasteiger partial charge in [-0.1, -0.05) is 43.3 Å². The Morgan fingerprint density at radius 1 is 1.20 bits per heavy atom. The highest BCUT2D eigenvalue weighted by molar-refractivity contribution is 5.70. The molecule has 0 bridgehead atoms. The highest BCUT2D eigenvalue weighted by Crippen LogP contribution is 2.25. The molecule has 0 aliphatic carbocycles. The van der Waals surface area contributed by atoms with Gasteiger partial charge in [-0.15, -0.1) is 0 Å².